The number of hydrogen-bond acceptors (Lipinski definition) is 5. The Hall–Kier alpha value is -1.19. The molecule has 1 amide bonds. The molecule has 0 radical (unpaired) electrons. The highest BCUT2D eigenvalue weighted by Crippen LogP contribution is 2.04. The van der Waals surface area contributed by atoms with E-state index in [0.29, 0.717) is 6.61 Å². The SMILES string of the molecule is CCOCCS(=O)(=O)NCC(=O)N[C@@H](CC(C)C)C(=O)O. The molecule has 0 aliphatic rings. The normalized spacial score (nSPS) is 13.1. The Kier molecular flexibility index (Phi) is 9.14. The van der Waals surface area contributed by atoms with Crippen LogP contribution in [0.4, 0.5) is 0 Å². The summed E-state index contributed by atoms with van der Waals surface area (Å²) < 4.78 is 30.1. The van der Waals surface area contributed by atoms with Crippen LogP contribution < -0.4 is 10.0 Å². The van der Waals surface area contributed by atoms with Gasteiger partial charge in [0.2, 0.25) is 15.9 Å². The average Bonchev–Trinajstić information content (AvgIpc) is 2.35. The van der Waals surface area contributed by atoms with Crippen LogP contribution >= 0.6 is 0 Å². The van der Waals surface area contributed by atoms with Crippen molar-refractivity contribution in [3.05, 3.63) is 0 Å². The van der Waals surface area contributed by atoms with Crippen molar-refractivity contribution >= 4 is 21.9 Å². The van der Waals surface area contributed by atoms with Crippen LogP contribution in [-0.4, -0.2) is 57.0 Å². The molecule has 0 fully saturated rings. The number of ether oxygens (including phenoxy) is 1. The number of sulfonamides is 1. The maximum absolute atomic E-state index is 11.6. The van der Waals surface area contributed by atoms with Gasteiger partial charge >= 0.3 is 5.97 Å². The molecular weight excluding hydrogens is 300 g/mol. The van der Waals surface area contributed by atoms with E-state index < -0.39 is 34.5 Å². The van der Waals surface area contributed by atoms with Crippen LogP contribution in [0.3, 0.4) is 0 Å². The second-order valence-electron chi connectivity index (χ2n) is 4.92. The second-order valence-corrected chi connectivity index (χ2v) is 6.85. The molecule has 3 N–H and O–H groups in total. The van der Waals surface area contributed by atoms with Crippen LogP contribution in [0.2, 0.25) is 0 Å². The van der Waals surface area contributed by atoms with Crippen molar-refractivity contribution in [2.75, 3.05) is 25.5 Å². The predicted molar refractivity (Wildman–Crippen MR) is 77.3 cm³/mol. The minimum Gasteiger partial charge on any atom is -0.480 e. The first kappa shape index (κ1) is 19.8. The summed E-state index contributed by atoms with van der Waals surface area (Å²) in [6.07, 6.45) is 0.276. The fourth-order valence-corrected chi connectivity index (χ4v) is 2.33. The minimum absolute atomic E-state index is 0.0402. The highest BCUT2D eigenvalue weighted by atomic mass is 32.2. The summed E-state index contributed by atoms with van der Waals surface area (Å²) in [5, 5.41) is 11.3. The van der Waals surface area contributed by atoms with Gasteiger partial charge in [-0.15, -0.1) is 0 Å². The zero-order valence-corrected chi connectivity index (χ0v) is 13.4. The van der Waals surface area contributed by atoms with E-state index in [0.717, 1.165) is 0 Å². The van der Waals surface area contributed by atoms with Gasteiger partial charge in [-0.25, -0.2) is 17.9 Å². The fraction of sp³-hybridized carbons (Fsp3) is 0.833. The van der Waals surface area contributed by atoms with Crippen molar-refractivity contribution in [3.63, 3.8) is 0 Å². The van der Waals surface area contributed by atoms with Crippen molar-refractivity contribution in [1.29, 1.82) is 0 Å². The summed E-state index contributed by atoms with van der Waals surface area (Å²) in [5.74, 6) is -1.98. The van der Waals surface area contributed by atoms with Crippen molar-refractivity contribution in [3.8, 4) is 0 Å². The standard InChI is InChI=1S/C12H24N2O6S/c1-4-20-5-6-21(18,19)13-8-11(15)14-10(12(16)17)7-9(2)3/h9-10,13H,4-8H2,1-3H3,(H,14,15)(H,16,17)/t10-/m0/s1. The minimum atomic E-state index is -3.61. The van der Waals surface area contributed by atoms with Crippen LogP contribution in [0.5, 0.6) is 0 Å². The smallest absolute Gasteiger partial charge is 0.326 e. The Balaban J connectivity index is 4.26. The topological polar surface area (TPSA) is 122 Å². The first-order chi connectivity index (χ1) is 9.68. The van der Waals surface area contributed by atoms with E-state index in [-0.39, 0.29) is 24.7 Å². The molecule has 0 aliphatic heterocycles. The molecule has 21 heavy (non-hydrogen) atoms. The van der Waals surface area contributed by atoms with E-state index in [9.17, 15) is 18.0 Å². The summed E-state index contributed by atoms with van der Waals surface area (Å²) in [5.41, 5.74) is 0. The number of amides is 1. The number of carboxylic acid groups (broad SMARTS) is 1. The number of carbonyl (C=O) groups excluding carboxylic acids is 1. The lowest BCUT2D eigenvalue weighted by molar-refractivity contribution is -0.142. The Morgan fingerprint density at radius 3 is 2.38 bits per heavy atom. The summed E-state index contributed by atoms with van der Waals surface area (Å²) >= 11 is 0. The molecule has 0 spiro atoms. The molecule has 0 heterocycles. The zero-order valence-electron chi connectivity index (χ0n) is 12.6. The Labute approximate surface area is 125 Å². The lowest BCUT2D eigenvalue weighted by Crippen LogP contribution is -2.46. The van der Waals surface area contributed by atoms with Crippen molar-refractivity contribution < 1.29 is 27.9 Å². The lowest BCUT2D eigenvalue weighted by Gasteiger charge is -2.16. The summed E-state index contributed by atoms with van der Waals surface area (Å²) in [6, 6.07) is -1.02. The highest BCUT2D eigenvalue weighted by molar-refractivity contribution is 7.89. The molecule has 0 saturated heterocycles. The van der Waals surface area contributed by atoms with E-state index in [2.05, 4.69) is 10.0 Å². The van der Waals surface area contributed by atoms with E-state index in [1.165, 1.54) is 0 Å². The van der Waals surface area contributed by atoms with Gasteiger partial charge in [0.05, 0.1) is 18.9 Å². The Morgan fingerprint density at radius 1 is 1.29 bits per heavy atom. The van der Waals surface area contributed by atoms with Crippen LogP contribution in [0.25, 0.3) is 0 Å². The maximum Gasteiger partial charge on any atom is 0.326 e. The molecule has 0 rings (SSSR count). The molecule has 0 saturated carbocycles. The number of hydrogen-bond donors (Lipinski definition) is 3. The van der Waals surface area contributed by atoms with Crippen molar-refractivity contribution in [1.82, 2.24) is 10.0 Å². The van der Waals surface area contributed by atoms with Crippen molar-refractivity contribution in [2.45, 2.75) is 33.2 Å². The third kappa shape index (κ3) is 10.2. The Morgan fingerprint density at radius 2 is 1.90 bits per heavy atom. The molecule has 1 atom stereocenters. The van der Waals surface area contributed by atoms with Crippen LogP contribution in [0, 0.1) is 5.92 Å². The van der Waals surface area contributed by atoms with Gasteiger partial charge in [0.1, 0.15) is 6.04 Å². The van der Waals surface area contributed by atoms with Gasteiger partial charge in [0.15, 0.2) is 0 Å². The first-order valence-corrected chi connectivity index (χ1v) is 8.40. The molecule has 0 aromatic heterocycles. The predicted octanol–water partition coefficient (Wildman–Crippen LogP) is -0.442. The Bertz CT molecular complexity index is 435. The largest absolute Gasteiger partial charge is 0.480 e. The summed E-state index contributed by atoms with van der Waals surface area (Å²) in [6.45, 7) is 5.37. The number of rotatable bonds is 11. The summed E-state index contributed by atoms with van der Waals surface area (Å²) in [7, 11) is -3.61. The number of aliphatic carboxylic acids is 1. The van der Waals surface area contributed by atoms with Gasteiger partial charge in [-0.2, -0.15) is 0 Å². The quantitative estimate of drug-likeness (QED) is 0.443. The average molecular weight is 324 g/mol. The number of carbonyl (C=O) groups is 2. The van der Waals surface area contributed by atoms with Gasteiger partial charge in [-0.1, -0.05) is 13.8 Å². The van der Waals surface area contributed by atoms with E-state index in [1.54, 1.807) is 6.92 Å². The highest BCUT2D eigenvalue weighted by Gasteiger charge is 2.21. The molecule has 0 aromatic rings. The summed E-state index contributed by atoms with van der Waals surface area (Å²) in [4.78, 5) is 22.6. The first-order valence-electron chi connectivity index (χ1n) is 6.75. The van der Waals surface area contributed by atoms with Gasteiger partial charge < -0.3 is 15.2 Å². The van der Waals surface area contributed by atoms with Crippen LogP contribution in [-0.2, 0) is 24.3 Å². The van der Waals surface area contributed by atoms with E-state index in [4.69, 9.17) is 9.84 Å². The van der Waals surface area contributed by atoms with Gasteiger partial charge in [0, 0.05) is 6.61 Å². The van der Waals surface area contributed by atoms with Crippen LogP contribution in [0.1, 0.15) is 27.2 Å². The van der Waals surface area contributed by atoms with E-state index >= 15 is 0 Å². The molecule has 0 unspecified atom stereocenters. The molecule has 9 heteroatoms. The van der Waals surface area contributed by atoms with Gasteiger partial charge in [-0.05, 0) is 19.3 Å². The number of nitrogens with one attached hydrogen (secondary N) is 2. The lowest BCUT2D eigenvalue weighted by atomic mass is 10.0. The van der Waals surface area contributed by atoms with E-state index in [1.807, 2.05) is 13.8 Å². The molecule has 8 nitrogen and oxygen atoms in total. The molecule has 124 valence electrons. The van der Waals surface area contributed by atoms with Gasteiger partial charge in [-0.3, -0.25) is 4.79 Å². The third-order valence-corrected chi connectivity index (χ3v) is 3.78. The van der Waals surface area contributed by atoms with Gasteiger partial charge in [0.25, 0.3) is 0 Å². The maximum atomic E-state index is 11.6. The molecule has 0 bridgehead atoms. The fourth-order valence-electron chi connectivity index (χ4n) is 1.50. The molecular formula is C12H24N2O6S. The second kappa shape index (κ2) is 9.69. The monoisotopic (exact) mass is 324 g/mol. The number of carboxylic acids is 1. The third-order valence-electron chi connectivity index (χ3n) is 2.49. The zero-order chi connectivity index (χ0) is 16.5. The molecule has 0 aromatic carbocycles. The molecule has 0 aliphatic carbocycles. The van der Waals surface area contributed by atoms with Crippen LogP contribution in [0.15, 0.2) is 0 Å². The van der Waals surface area contributed by atoms with Crippen molar-refractivity contribution in [2.24, 2.45) is 5.92 Å².